The zero-order chi connectivity index (χ0) is 13.9. The van der Waals surface area contributed by atoms with E-state index in [1.54, 1.807) is 18.6 Å². The highest BCUT2D eigenvalue weighted by Gasteiger charge is 2.32. The number of hydrogen-bond acceptors (Lipinski definition) is 3. The summed E-state index contributed by atoms with van der Waals surface area (Å²) in [6, 6.07) is 6.61. The fraction of sp³-hybridized carbons (Fsp3) is 0.333. The van der Waals surface area contributed by atoms with E-state index < -0.39 is 0 Å². The van der Waals surface area contributed by atoms with Crippen LogP contribution in [0.3, 0.4) is 0 Å². The van der Waals surface area contributed by atoms with Crippen LogP contribution in [-0.2, 0) is 5.41 Å². The predicted octanol–water partition coefficient (Wildman–Crippen LogP) is 2.85. The van der Waals surface area contributed by atoms with Crippen molar-refractivity contribution in [2.75, 3.05) is 7.05 Å². The van der Waals surface area contributed by atoms with Crippen molar-refractivity contribution in [3.63, 3.8) is 0 Å². The zero-order valence-corrected chi connectivity index (χ0v) is 11.4. The number of likely N-dealkylation sites (N-methyl/N-ethyl adjacent to an activating group) is 1. The average Bonchev–Trinajstić information content (AvgIpc) is 2.41. The molecular formula is C15H18FN3. The van der Waals surface area contributed by atoms with Crippen LogP contribution in [0, 0.1) is 5.82 Å². The van der Waals surface area contributed by atoms with Gasteiger partial charge in [-0.05, 0) is 24.7 Å². The van der Waals surface area contributed by atoms with Crippen LogP contribution in [0.2, 0.25) is 0 Å². The summed E-state index contributed by atoms with van der Waals surface area (Å²) in [7, 11) is 1.89. The van der Waals surface area contributed by atoms with Crippen LogP contribution in [0.5, 0.6) is 0 Å². The maximum atomic E-state index is 13.0. The monoisotopic (exact) mass is 259 g/mol. The molecule has 0 aliphatic heterocycles. The van der Waals surface area contributed by atoms with Gasteiger partial charge in [0.15, 0.2) is 0 Å². The summed E-state index contributed by atoms with van der Waals surface area (Å²) in [6.45, 7) is 4.21. The van der Waals surface area contributed by atoms with E-state index in [0.29, 0.717) is 0 Å². The molecule has 2 aromatic rings. The van der Waals surface area contributed by atoms with Gasteiger partial charge in [-0.25, -0.2) is 4.39 Å². The van der Waals surface area contributed by atoms with Crippen LogP contribution < -0.4 is 5.32 Å². The number of rotatable bonds is 4. The van der Waals surface area contributed by atoms with E-state index in [2.05, 4.69) is 29.1 Å². The van der Waals surface area contributed by atoms with E-state index >= 15 is 0 Å². The quantitative estimate of drug-likeness (QED) is 0.917. The summed E-state index contributed by atoms with van der Waals surface area (Å²) in [4.78, 5) is 8.47. The molecule has 0 fully saturated rings. The minimum atomic E-state index is -0.224. The third-order valence-electron chi connectivity index (χ3n) is 3.48. The Morgan fingerprint density at radius 2 is 1.84 bits per heavy atom. The number of halogens is 1. The first kappa shape index (κ1) is 13.6. The standard InChI is InChI=1S/C15H18FN3/c1-15(2,11-4-6-12(16)7-5-11)14(17-3)13-10-18-8-9-19-13/h4-10,14,17H,1-3H3. The molecule has 0 amide bonds. The molecule has 0 saturated carbocycles. The minimum Gasteiger partial charge on any atom is -0.311 e. The second-order valence-electron chi connectivity index (χ2n) is 5.08. The second-order valence-corrected chi connectivity index (χ2v) is 5.08. The lowest BCUT2D eigenvalue weighted by Gasteiger charge is -2.34. The van der Waals surface area contributed by atoms with Crippen molar-refractivity contribution in [1.82, 2.24) is 15.3 Å². The average molecular weight is 259 g/mol. The molecule has 0 radical (unpaired) electrons. The van der Waals surface area contributed by atoms with E-state index in [1.165, 1.54) is 12.1 Å². The molecule has 100 valence electrons. The first-order valence-electron chi connectivity index (χ1n) is 6.25. The van der Waals surface area contributed by atoms with Crippen molar-refractivity contribution >= 4 is 0 Å². The summed E-state index contributed by atoms with van der Waals surface area (Å²) in [5, 5.41) is 3.28. The number of aromatic nitrogens is 2. The molecule has 0 aliphatic carbocycles. The number of hydrogen-bond donors (Lipinski definition) is 1. The Hall–Kier alpha value is -1.81. The van der Waals surface area contributed by atoms with E-state index in [4.69, 9.17) is 0 Å². The molecule has 1 atom stereocenters. The lowest BCUT2D eigenvalue weighted by Crippen LogP contribution is -2.36. The third-order valence-corrected chi connectivity index (χ3v) is 3.48. The molecule has 1 aromatic heterocycles. The maximum absolute atomic E-state index is 13.0. The Bertz CT molecular complexity index is 523. The van der Waals surface area contributed by atoms with Crippen molar-refractivity contribution in [1.29, 1.82) is 0 Å². The normalized spacial score (nSPS) is 13.3. The molecule has 19 heavy (non-hydrogen) atoms. The van der Waals surface area contributed by atoms with Gasteiger partial charge >= 0.3 is 0 Å². The largest absolute Gasteiger partial charge is 0.311 e. The molecule has 1 aromatic carbocycles. The molecular weight excluding hydrogens is 241 g/mol. The first-order chi connectivity index (χ1) is 9.05. The van der Waals surface area contributed by atoms with Crippen molar-refractivity contribution < 1.29 is 4.39 Å². The first-order valence-corrected chi connectivity index (χ1v) is 6.25. The van der Waals surface area contributed by atoms with E-state index in [0.717, 1.165) is 11.3 Å². The van der Waals surface area contributed by atoms with Crippen molar-refractivity contribution in [2.45, 2.75) is 25.3 Å². The predicted molar refractivity (Wildman–Crippen MR) is 73.3 cm³/mol. The molecule has 2 rings (SSSR count). The van der Waals surface area contributed by atoms with Gasteiger partial charge in [0, 0.05) is 24.0 Å². The summed E-state index contributed by atoms with van der Waals surface area (Å²) in [5.41, 5.74) is 1.71. The van der Waals surface area contributed by atoms with Crippen LogP contribution >= 0.6 is 0 Å². The Morgan fingerprint density at radius 3 is 2.37 bits per heavy atom. The van der Waals surface area contributed by atoms with Crippen LogP contribution in [0.4, 0.5) is 4.39 Å². The Kier molecular flexibility index (Phi) is 3.90. The minimum absolute atomic E-state index is 0.00617. The van der Waals surface area contributed by atoms with Gasteiger partial charge in [-0.3, -0.25) is 9.97 Å². The maximum Gasteiger partial charge on any atom is 0.123 e. The molecule has 1 heterocycles. The molecule has 1 unspecified atom stereocenters. The van der Waals surface area contributed by atoms with Gasteiger partial charge in [0.1, 0.15) is 5.82 Å². The van der Waals surface area contributed by atoms with Gasteiger partial charge in [0.25, 0.3) is 0 Å². The van der Waals surface area contributed by atoms with Crippen LogP contribution in [-0.4, -0.2) is 17.0 Å². The molecule has 0 saturated heterocycles. The SMILES string of the molecule is CNC(c1cnccn1)C(C)(C)c1ccc(F)cc1. The van der Waals surface area contributed by atoms with E-state index in [9.17, 15) is 4.39 Å². The topological polar surface area (TPSA) is 37.8 Å². The fourth-order valence-electron chi connectivity index (χ4n) is 2.38. The summed E-state index contributed by atoms with van der Waals surface area (Å²) in [5.74, 6) is -0.222. The Labute approximate surface area is 112 Å². The number of benzene rings is 1. The van der Waals surface area contributed by atoms with E-state index in [1.807, 2.05) is 19.2 Å². The summed E-state index contributed by atoms with van der Waals surface area (Å²) in [6.07, 6.45) is 5.09. The lowest BCUT2D eigenvalue weighted by molar-refractivity contribution is 0.360. The molecule has 3 nitrogen and oxygen atoms in total. The smallest absolute Gasteiger partial charge is 0.123 e. The highest BCUT2D eigenvalue weighted by atomic mass is 19.1. The van der Waals surface area contributed by atoms with Crippen LogP contribution in [0.25, 0.3) is 0 Å². The summed E-state index contributed by atoms with van der Waals surface area (Å²) < 4.78 is 13.0. The highest BCUT2D eigenvalue weighted by Crippen LogP contribution is 2.35. The summed E-state index contributed by atoms with van der Waals surface area (Å²) >= 11 is 0. The molecule has 0 aliphatic rings. The van der Waals surface area contributed by atoms with Gasteiger partial charge in [-0.15, -0.1) is 0 Å². The van der Waals surface area contributed by atoms with Crippen molar-refractivity contribution in [2.24, 2.45) is 0 Å². The fourth-order valence-corrected chi connectivity index (χ4v) is 2.38. The molecule has 0 bridgehead atoms. The molecule has 4 heteroatoms. The van der Waals surface area contributed by atoms with E-state index in [-0.39, 0.29) is 17.3 Å². The van der Waals surface area contributed by atoms with Crippen molar-refractivity contribution in [3.8, 4) is 0 Å². The third kappa shape index (κ3) is 2.79. The zero-order valence-electron chi connectivity index (χ0n) is 11.4. The van der Waals surface area contributed by atoms with Crippen molar-refractivity contribution in [3.05, 3.63) is 59.9 Å². The van der Waals surface area contributed by atoms with Gasteiger partial charge in [0.05, 0.1) is 11.7 Å². The number of nitrogens with one attached hydrogen (secondary N) is 1. The second kappa shape index (κ2) is 5.45. The van der Waals surface area contributed by atoms with Gasteiger partial charge in [-0.1, -0.05) is 26.0 Å². The number of nitrogens with zero attached hydrogens (tertiary/aromatic N) is 2. The molecule has 1 N–H and O–H groups in total. The van der Waals surface area contributed by atoms with Crippen LogP contribution in [0.1, 0.15) is 31.1 Å². The lowest BCUT2D eigenvalue weighted by atomic mass is 9.76. The van der Waals surface area contributed by atoms with Gasteiger partial charge in [0.2, 0.25) is 0 Å². The highest BCUT2D eigenvalue weighted by molar-refractivity contribution is 5.29. The Morgan fingerprint density at radius 1 is 1.16 bits per heavy atom. The Balaban J connectivity index is 2.38. The molecule has 0 spiro atoms. The van der Waals surface area contributed by atoms with Gasteiger partial charge < -0.3 is 5.32 Å². The van der Waals surface area contributed by atoms with Crippen LogP contribution in [0.15, 0.2) is 42.9 Å². The van der Waals surface area contributed by atoms with Gasteiger partial charge in [-0.2, -0.15) is 0 Å².